The molecule has 0 unspecified atom stereocenters. The van der Waals surface area contributed by atoms with Gasteiger partial charge in [-0.3, -0.25) is 0 Å². The van der Waals surface area contributed by atoms with Gasteiger partial charge in [0.25, 0.3) is 0 Å². The van der Waals surface area contributed by atoms with Gasteiger partial charge < -0.3 is 15.4 Å². The predicted octanol–water partition coefficient (Wildman–Crippen LogP) is 3.94. The molecular formula is C15H13ClN2O2S. The zero-order valence-corrected chi connectivity index (χ0v) is 12.8. The molecule has 0 fully saturated rings. The molecule has 0 bridgehead atoms. The standard InChI is InChI=1S/C15H13ClN2O2S/c1-20-14(19)10-6-8-11(9-7-10)17-15(21)18-13-5-3-2-4-12(13)16/h2-9H,1H3,(H2,17,18,21). The van der Waals surface area contributed by atoms with Crippen molar-refractivity contribution < 1.29 is 9.53 Å². The molecule has 4 nitrogen and oxygen atoms in total. The van der Waals surface area contributed by atoms with Gasteiger partial charge >= 0.3 is 5.97 Å². The number of rotatable bonds is 3. The number of benzene rings is 2. The second kappa shape index (κ2) is 7.06. The molecule has 0 heterocycles. The molecular weight excluding hydrogens is 308 g/mol. The number of ether oxygens (including phenoxy) is 1. The van der Waals surface area contributed by atoms with E-state index in [2.05, 4.69) is 15.4 Å². The number of halogens is 1. The SMILES string of the molecule is COC(=O)c1ccc(NC(=S)Nc2ccccc2Cl)cc1. The molecule has 0 amide bonds. The van der Waals surface area contributed by atoms with Crippen LogP contribution in [-0.2, 0) is 4.74 Å². The molecule has 0 saturated heterocycles. The Morgan fingerprint density at radius 1 is 1.10 bits per heavy atom. The summed E-state index contributed by atoms with van der Waals surface area (Å²) in [6, 6.07) is 14.1. The van der Waals surface area contributed by atoms with Crippen LogP contribution in [0.4, 0.5) is 11.4 Å². The smallest absolute Gasteiger partial charge is 0.337 e. The zero-order valence-electron chi connectivity index (χ0n) is 11.2. The van der Waals surface area contributed by atoms with Crippen LogP contribution in [0, 0.1) is 0 Å². The van der Waals surface area contributed by atoms with E-state index in [1.807, 2.05) is 18.2 Å². The number of hydrogen-bond donors (Lipinski definition) is 2. The highest BCUT2D eigenvalue weighted by Gasteiger charge is 2.05. The molecule has 0 atom stereocenters. The number of nitrogens with one attached hydrogen (secondary N) is 2. The van der Waals surface area contributed by atoms with Crippen molar-refractivity contribution in [1.29, 1.82) is 0 Å². The molecule has 0 radical (unpaired) electrons. The fourth-order valence-corrected chi connectivity index (χ4v) is 2.07. The summed E-state index contributed by atoms with van der Waals surface area (Å²) < 4.78 is 4.64. The third-order valence-electron chi connectivity index (χ3n) is 2.69. The molecule has 21 heavy (non-hydrogen) atoms. The largest absolute Gasteiger partial charge is 0.465 e. The Balaban J connectivity index is 2.00. The topological polar surface area (TPSA) is 50.4 Å². The molecule has 108 valence electrons. The van der Waals surface area contributed by atoms with Gasteiger partial charge in [-0.05, 0) is 48.6 Å². The fourth-order valence-electron chi connectivity index (χ4n) is 1.65. The second-order valence-corrected chi connectivity index (χ2v) is 4.94. The summed E-state index contributed by atoms with van der Waals surface area (Å²) in [5.74, 6) is -0.377. The summed E-state index contributed by atoms with van der Waals surface area (Å²) >= 11 is 11.3. The molecule has 0 spiro atoms. The van der Waals surface area contributed by atoms with Crippen LogP contribution in [0.2, 0.25) is 5.02 Å². The Bertz CT molecular complexity index is 659. The van der Waals surface area contributed by atoms with Crippen molar-refractivity contribution in [2.45, 2.75) is 0 Å². The normalized spacial score (nSPS) is 9.81. The fraction of sp³-hybridized carbons (Fsp3) is 0.0667. The van der Waals surface area contributed by atoms with Crippen LogP contribution in [0.15, 0.2) is 48.5 Å². The first-order valence-corrected chi connectivity index (χ1v) is 6.89. The Morgan fingerprint density at radius 3 is 2.38 bits per heavy atom. The van der Waals surface area contributed by atoms with Crippen LogP contribution >= 0.6 is 23.8 Å². The number of esters is 1. The lowest BCUT2D eigenvalue weighted by molar-refractivity contribution is 0.0601. The third kappa shape index (κ3) is 4.18. The molecule has 2 rings (SSSR count). The number of anilines is 2. The van der Waals surface area contributed by atoms with E-state index in [1.54, 1.807) is 30.3 Å². The van der Waals surface area contributed by atoms with Gasteiger partial charge in [0.05, 0.1) is 23.4 Å². The van der Waals surface area contributed by atoms with Gasteiger partial charge in [-0.1, -0.05) is 23.7 Å². The minimum atomic E-state index is -0.377. The van der Waals surface area contributed by atoms with Gasteiger partial charge in [0.2, 0.25) is 0 Å². The van der Waals surface area contributed by atoms with Crippen molar-refractivity contribution in [3.05, 3.63) is 59.1 Å². The van der Waals surface area contributed by atoms with Gasteiger partial charge in [0, 0.05) is 5.69 Å². The summed E-state index contributed by atoms with van der Waals surface area (Å²) in [7, 11) is 1.34. The first kappa shape index (κ1) is 15.3. The van der Waals surface area contributed by atoms with E-state index in [9.17, 15) is 4.79 Å². The van der Waals surface area contributed by atoms with Gasteiger partial charge in [0.15, 0.2) is 5.11 Å². The first-order chi connectivity index (χ1) is 10.1. The molecule has 2 aromatic carbocycles. The van der Waals surface area contributed by atoms with Crippen LogP contribution < -0.4 is 10.6 Å². The second-order valence-electron chi connectivity index (χ2n) is 4.13. The number of para-hydroxylation sites is 1. The highest BCUT2D eigenvalue weighted by Crippen LogP contribution is 2.20. The molecule has 0 aromatic heterocycles. The molecule has 2 N–H and O–H groups in total. The minimum absolute atomic E-state index is 0.377. The number of methoxy groups -OCH3 is 1. The number of thiocarbonyl (C=S) groups is 1. The van der Waals surface area contributed by atoms with Gasteiger partial charge in [-0.15, -0.1) is 0 Å². The van der Waals surface area contributed by atoms with Crippen molar-refractivity contribution in [1.82, 2.24) is 0 Å². The lowest BCUT2D eigenvalue weighted by Gasteiger charge is -2.11. The molecule has 2 aromatic rings. The molecule has 0 saturated carbocycles. The molecule has 0 aliphatic rings. The lowest BCUT2D eigenvalue weighted by Crippen LogP contribution is -2.19. The third-order valence-corrected chi connectivity index (χ3v) is 3.22. The molecule has 0 aliphatic carbocycles. The minimum Gasteiger partial charge on any atom is -0.465 e. The monoisotopic (exact) mass is 320 g/mol. The van der Waals surface area contributed by atoms with Gasteiger partial charge in [-0.25, -0.2) is 4.79 Å². The average molecular weight is 321 g/mol. The summed E-state index contributed by atoms with van der Waals surface area (Å²) in [5.41, 5.74) is 1.96. The van der Waals surface area contributed by atoms with Gasteiger partial charge in [0.1, 0.15) is 0 Å². The number of carbonyl (C=O) groups is 1. The van der Waals surface area contributed by atoms with E-state index in [-0.39, 0.29) is 5.97 Å². The number of carbonyl (C=O) groups excluding carboxylic acids is 1. The molecule has 0 aliphatic heterocycles. The van der Waals surface area contributed by atoms with E-state index in [0.29, 0.717) is 15.7 Å². The number of hydrogen-bond acceptors (Lipinski definition) is 3. The Hall–Kier alpha value is -2.11. The van der Waals surface area contributed by atoms with E-state index < -0.39 is 0 Å². The first-order valence-electron chi connectivity index (χ1n) is 6.11. The highest BCUT2D eigenvalue weighted by atomic mass is 35.5. The van der Waals surface area contributed by atoms with Crippen LogP contribution in [0.25, 0.3) is 0 Å². The van der Waals surface area contributed by atoms with Gasteiger partial charge in [-0.2, -0.15) is 0 Å². The predicted molar refractivity (Wildman–Crippen MR) is 89.1 cm³/mol. The molecule has 6 heteroatoms. The van der Waals surface area contributed by atoms with Crippen LogP contribution in [0.5, 0.6) is 0 Å². The zero-order chi connectivity index (χ0) is 15.2. The summed E-state index contributed by atoms with van der Waals surface area (Å²) in [6.45, 7) is 0. The summed E-state index contributed by atoms with van der Waals surface area (Å²) in [6.07, 6.45) is 0. The maximum absolute atomic E-state index is 11.3. The van der Waals surface area contributed by atoms with Crippen molar-refractivity contribution in [2.75, 3.05) is 17.7 Å². The van der Waals surface area contributed by atoms with Crippen molar-refractivity contribution in [2.24, 2.45) is 0 Å². The highest BCUT2D eigenvalue weighted by molar-refractivity contribution is 7.80. The Labute approximate surface area is 133 Å². The van der Waals surface area contributed by atoms with E-state index in [4.69, 9.17) is 23.8 Å². The Kier molecular flexibility index (Phi) is 5.14. The quantitative estimate of drug-likeness (QED) is 0.663. The lowest BCUT2D eigenvalue weighted by atomic mass is 10.2. The van der Waals surface area contributed by atoms with E-state index in [1.165, 1.54) is 7.11 Å². The summed E-state index contributed by atoms with van der Waals surface area (Å²) in [5, 5.41) is 7.01. The Morgan fingerprint density at radius 2 is 1.76 bits per heavy atom. The van der Waals surface area contributed by atoms with Crippen LogP contribution in [0.3, 0.4) is 0 Å². The van der Waals surface area contributed by atoms with E-state index in [0.717, 1.165) is 11.4 Å². The summed E-state index contributed by atoms with van der Waals surface area (Å²) in [4.78, 5) is 11.3. The van der Waals surface area contributed by atoms with Crippen molar-refractivity contribution in [3.8, 4) is 0 Å². The van der Waals surface area contributed by atoms with Crippen LogP contribution in [0.1, 0.15) is 10.4 Å². The maximum Gasteiger partial charge on any atom is 0.337 e. The van der Waals surface area contributed by atoms with Crippen molar-refractivity contribution in [3.63, 3.8) is 0 Å². The maximum atomic E-state index is 11.3. The van der Waals surface area contributed by atoms with Crippen LogP contribution in [-0.4, -0.2) is 18.2 Å². The average Bonchev–Trinajstić information content (AvgIpc) is 2.49. The van der Waals surface area contributed by atoms with E-state index >= 15 is 0 Å². The van der Waals surface area contributed by atoms with Crippen molar-refractivity contribution >= 4 is 46.3 Å².